The van der Waals surface area contributed by atoms with Crippen LogP contribution in [-0.4, -0.2) is 99.6 Å². The van der Waals surface area contributed by atoms with Gasteiger partial charge in [-0.2, -0.15) is 4.31 Å². The maximum atomic E-state index is 12.4. The average Bonchev–Trinajstić information content (AvgIpc) is 3.57. The molecule has 2 saturated heterocycles. The number of hydrogen-bond acceptors (Lipinski definition) is 15. The van der Waals surface area contributed by atoms with Gasteiger partial charge in [0.15, 0.2) is 17.7 Å². The Morgan fingerprint density at radius 3 is 2.12 bits per heavy atom. The molecule has 20 heteroatoms. The first kappa shape index (κ1) is 30.1. The lowest BCUT2D eigenvalue weighted by Gasteiger charge is -2.20. The number of nitrogen functional groups attached to an aromatic ring is 1. The summed E-state index contributed by atoms with van der Waals surface area (Å²) >= 11 is 0. The Hall–Kier alpha value is -2.41. The predicted molar refractivity (Wildman–Crippen MR) is 134 cm³/mol. The van der Waals surface area contributed by atoms with Gasteiger partial charge < -0.3 is 45.4 Å². The summed E-state index contributed by atoms with van der Waals surface area (Å²) in [6, 6.07) is 8.42. The van der Waals surface area contributed by atoms with E-state index < -0.39 is 77.8 Å². The van der Waals surface area contributed by atoms with Crippen LogP contribution in [0.2, 0.25) is 0 Å². The lowest BCUT2D eigenvalue weighted by Crippen LogP contribution is -2.33. The second-order valence-electron chi connectivity index (χ2n) is 9.23. The van der Waals surface area contributed by atoms with Gasteiger partial charge in [0.25, 0.3) is 0 Å². The molecule has 0 bridgehead atoms. The molecule has 41 heavy (non-hydrogen) atoms. The molecule has 0 amide bonds. The van der Waals surface area contributed by atoms with Crippen LogP contribution in [0.15, 0.2) is 43.0 Å². The van der Waals surface area contributed by atoms with Crippen LogP contribution in [0.4, 0.5) is 5.82 Å². The molecule has 2 aliphatic heterocycles. The molecule has 10 atom stereocenters. The molecule has 18 nitrogen and oxygen atoms in total. The summed E-state index contributed by atoms with van der Waals surface area (Å²) in [6.45, 7) is -1.65. The van der Waals surface area contributed by atoms with Crippen molar-refractivity contribution in [3.63, 3.8) is 0 Å². The van der Waals surface area contributed by atoms with E-state index in [1.807, 2.05) is 0 Å². The maximum Gasteiger partial charge on any atom is 0.481 e. The van der Waals surface area contributed by atoms with Crippen molar-refractivity contribution in [2.45, 2.75) is 49.0 Å². The molecule has 5 rings (SSSR count). The Kier molecular flexibility index (Phi) is 8.58. The van der Waals surface area contributed by atoms with Gasteiger partial charge in [0, 0.05) is 0 Å². The zero-order chi connectivity index (χ0) is 29.5. The van der Waals surface area contributed by atoms with Gasteiger partial charge in [0.05, 0.1) is 19.5 Å². The number of fused-ring (bicyclic) bond motifs is 1. The molecule has 0 aliphatic carbocycles. The monoisotopic (exact) mass is 619 g/mol. The summed E-state index contributed by atoms with van der Waals surface area (Å²) < 4.78 is 50.8. The zero-order valence-electron chi connectivity index (χ0n) is 20.9. The number of anilines is 1. The van der Waals surface area contributed by atoms with Crippen molar-refractivity contribution in [2.24, 2.45) is 0 Å². The number of benzene rings is 1. The predicted octanol–water partition coefficient (Wildman–Crippen LogP) is -0.860. The van der Waals surface area contributed by atoms with Gasteiger partial charge in [-0.1, -0.05) is 30.3 Å². The van der Waals surface area contributed by atoms with Crippen molar-refractivity contribution >= 4 is 32.6 Å². The van der Waals surface area contributed by atoms with Gasteiger partial charge in [-0.05, 0) is 5.56 Å². The van der Waals surface area contributed by atoms with Gasteiger partial charge in [0.2, 0.25) is 0 Å². The third-order valence-corrected chi connectivity index (χ3v) is 9.10. The Morgan fingerprint density at radius 2 is 1.46 bits per heavy atom. The molecule has 2 fully saturated rings. The first-order chi connectivity index (χ1) is 19.4. The van der Waals surface area contributed by atoms with Crippen molar-refractivity contribution in [3.05, 3.63) is 48.5 Å². The molecule has 1 aromatic carbocycles. The number of aliphatic hydroxyl groups is 4. The van der Waals surface area contributed by atoms with E-state index in [0.717, 1.165) is 6.33 Å². The fraction of sp³-hybridized carbons (Fsp3) is 0.476. The summed E-state index contributed by atoms with van der Waals surface area (Å²) in [5.41, 5.74) is 6.69. The molecule has 8 N–H and O–H groups in total. The Bertz CT molecular complexity index is 1460. The molecule has 6 unspecified atom stereocenters. The van der Waals surface area contributed by atoms with Crippen LogP contribution in [0.5, 0.6) is 0 Å². The van der Waals surface area contributed by atoms with E-state index in [0.29, 0.717) is 5.56 Å². The number of rotatable bonds is 10. The minimum atomic E-state index is -5.31. The number of phosphoric acid groups is 2. The number of nitrogens with two attached hydrogens (primary N) is 1. The molecule has 2 aliphatic rings. The number of aromatic nitrogens is 4. The van der Waals surface area contributed by atoms with E-state index >= 15 is 0 Å². The van der Waals surface area contributed by atoms with Gasteiger partial charge in [-0.15, -0.1) is 0 Å². The van der Waals surface area contributed by atoms with E-state index in [4.69, 9.17) is 24.3 Å². The molecule has 0 radical (unpaired) electrons. The summed E-state index contributed by atoms with van der Waals surface area (Å²) in [7, 11) is -10.6. The molecule has 0 spiro atoms. The van der Waals surface area contributed by atoms with Crippen LogP contribution in [-0.2, 0) is 32.0 Å². The second-order valence-corrected chi connectivity index (χ2v) is 12.3. The zero-order valence-corrected chi connectivity index (χ0v) is 22.7. The van der Waals surface area contributed by atoms with Gasteiger partial charge in [-0.3, -0.25) is 13.6 Å². The van der Waals surface area contributed by atoms with E-state index in [1.165, 1.54) is 10.9 Å². The van der Waals surface area contributed by atoms with Crippen LogP contribution in [0.3, 0.4) is 0 Å². The quantitative estimate of drug-likeness (QED) is 0.136. The maximum absolute atomic E-state index is 12.4. The second kappa shape index (κ2) is 11.7. The topological polar surface area (TPSA) is 271 Å². The SMILES string of the molecule is Nc1ncnc2c1ncn2[C@@H]1O[C@H](COP(=O)(O)OP(=O)(O)OCC2OC(c3ccccc3)C(O)C2O)[C@@H](O)[C@H]1O. The van der Waals surface area contributed by atoms with Crippen LogP contribution < -0.4 is 5.73 Å². The Labute approximate surface area is 231 Å². The smallest absolute Gasteiger partial charge is 0.387 e. The van der Waals surface area contributed by atoms with Crippen molar-refractivity contribution in [2.75, 3.05) is 18.9 Å². The Balaban J connectivity index is 1.15. The van der Waals surface area contributed by atoms with Gasteiger partial charge in [0.1, 0.15) is 54.6 Å². The first-order valence-electron chi connectivity index (χ1n) is 12.0. The fourth-order valence-electron chi connectivity index (χ4n) is 4.47. The third-order valence-electron chi connectivity index (χ3n) is 6.50. The van der Waals surface area contributed by atoms with Gasteiger partial charge >= 0.3 is 15.6 Å². The van der Waals surface area contributed by atoms with Crippen molar-refractivity contribution < 1.29 is 62.2 Å². The number of phosphoric ester groups is 2. The average molecular weight is 619 g/mol. The van der Waals surface area contributed by atoms with E-state index in [1.54, 1.807) is 30.3 Å². The number of hydrogen-bond donors (Lipinski definition) is 7. The van der Waals surface area contributed by atoms with Gasteiger partial charge in [-0.25, -0.2) is 24.1 Å². The molecular weight excluding hydrogens is 592 g/mol. The highest BCUT2D eigenvalue weighted by molar-refractivity contribution is 7.61. The van der Waals surface area contributed by atoms with E-state index in [-0.39, 0.29) is 17.0 Å². The van der Waals surface area contributed by atoms with Crippen molar-refractivity contribution in [1.29, 1.82) is 0 Å². The molecule has 0 saturated carbocycles. The van der Waals surface area contributed by atoms with E-state index in [9.17, 15) is 39.3 Å². The number of imidazole rings is 1. The summed E-state index contributed by atoms with van der Waals surface area (Å²) in [4.78, 5) is 31.8. The number of nitrogens with zero attached hydrogens (tertiary/aromatic N) is 4. The largest absolute Gasteiger partial charge is 0.481 e. The van der Waals surface area contributed by atoms with Crippen LogP contribution in [0.25, 0.3) is 11.2 Å². The highest BCUT2D eigenvalue weighted by Crippen LogP contribution is 2.60. The van der Waals surface area contributed by atoms with E-state index in [2.05, 4.69) is 19.3 Å². The standard InChI is InChI=1S/C21H27N5O13P2/c22-19-13-20(24-8-23-19)26(9-25-13)21-17(30)15(28)12(38-21)7-36-41(33,34)39-40(31,32)35-6-11-14(27)16(29)18(37-11)10-4-2-1-3-5-10/h1-5,8-9,11-12,14-18,21,27-30H,6-7H2,(H,31,32)(H,33,34)(H2,22,23,24)/t11?,12-,14?,15-,16?,17-,18?,21-/m1/s1. The molecule has 3 aromatic rings. The molecular formula is C21H27N5O13P2. The van der Waals surface area contributed by atoms with Crippen LogP contribution in [0.1, 0.15) is 17.9 Å². The number of aliphatic hydroxyl groups excluding tert-OH is 4. The minimum Gasteiger partial charge on any atom is -0.387 e. The first-order valence-corrected chi connectivity index (χ1v) is 15.0. The highest BCUT2D eigenvalue weighted by atomic mass is 31.3. The van der Waals surface area contributed by atoms with Crippen molar-refractivity contribution in [1.82, 2.24) is 19.5 Å². The normalized spacial score (nSPS) is 33.1. The molecule has 224 valence electrons. The van der Waals surface area contributed by atoms with Crippen LogP contribution >= 0.6 is 15.6 Å². The van der Waals surface area contributed by atoms with Crippen LogP contribution in [0, 0.1) is 0 Å². The third kappa shape index (κ3) is 6.35. The lowest BCUT2D eigenvalue weighted by molar-refractivity contribution is -0.0507. The summed E-state index contributed by atoms with van der Waals surface area (Å²) in [5, 5.41) is 41.4. The molecule has 2 aromatic heterocycles. The summed E-state index contributed by atoms with van der Waals surface area (Å²) in [5.74, 6) is 0.0666. The summed E-state index contributed by atoms with van der Waals surface area (Å²) in [6.07, 6.45) is -8.54. The highest BCUT2D eigenvalue weighted by Gasteiger charge is 2.47. The number of ether oxygens (including phenoxy) is 2. The Morgan fingerprint density at radius 1 is 0.854 bits per heavy atom. The molecule has 4 heterocycles. The van der Waals surface area contributed by atoms with Crippen molar-refractivity contribution in [3.8, 4) is 0 Å². The lowest BCUT2D eigenvalue weighted by atomic mass is 10.0. The fourth-order valence-corrected chi connectivity index (χ4v) is 6.56. The minimum absolute atomic E-state index is 0.0666.